The molecule has 0 aromatic heterocycles. The van der Waals surface area contributed by atoms with Crippen molar-refractivity contribution in [1.29, 1.82) is 0 Å². The predicted octanol–water partition coefficient (Wildman–Crippen LogP) is 3.86. The molecular formula is C15H21ClN2O2. The molecule has 0 heterocycles. The van der Waals surface area contributed by atoms with E-state index in [0.29, 0.717) is 28.2 Å². The lowest BCUT2D eigenvalue weighted by molar-refractivity contribution is 0.0698. The molecule has 0 aliphatic heterocycles. The molecular weight excluding hydrogens is 276 g/mol. The van der Waals surface area contributed by atoms with Crippen molar-refractivity contribution in [3.63, 3.8) is 0 Å². The molecule has 1 saturated carbocycles. The first-order valence-corrected chi connectivity index (χ1v) is 7.36. The highest BCUT2D eigenvalue weighted by atomic mass is 35.5. The van der Waals surface area contributed by atoms with Gasteiger partial charge in [0.15, 0.2) is 0 Å². The molecule has 1 aliphatic rings. The number of halogens is 1. The summed E-state index contributed by atoms with van der Waals surface area (Å²) in [5, 5.41) is 13.0. The van der Waals surface area contributed by atoms with Gasteiger partial charge < -0.3 is 16.2 Å². The minimum absolute atomic E-state index is 0.139. The molecule has 0 amide bonds. The molecule has 3 unspecified atom stereocenters. The van der Waals surface area contributed by atoms with Crippen LogP contribution in [-0.2, 0) is 0 Å². The van der Waals surface area contributed by atoms with E-state index in [1.54, 1.807) is 6.07 Å². The van der Waals surface area contributed by atoms with Crippen LogP contribution < -0.4 is 11.1 Å². The number of nitrogen functional groups attached to an aromatic ring is 1. The quantitative estimate of drug-likeness (QED) is 0.740. The first-order chi connectivity index (χ1) is 9.40. The second kappa shape index (κ2) is 5.92. The highest BCUT2D eigenvalue weighted by Crippen LogP contribution is 2.35. The summed E-state index contributed by atoms with van der Waals surface area (Å²) in [6, 6.07) is 3.29. The third-order valence-electron chi connectivity index (χ3n) is 4.38. The maximum absolute atomic E-state index is 11.4. The number of anilines is 2. The highest BCUT2D eigenvalue weighted by molar-refractivity contribution is 6.34. The van der Waals surface area contributed by atoms with Gasteiger partial charge in [0.1, 0.15) is 0 Å². The molecule has 0 bridgehead atoms. The predicted molar refractivity (Wildman–Crippen MR) is 82.4 cm³/mol. The SMILES string of the molecule is CC1CCCC(Nc2c(Cl)cc(N)cc2C(=O)O)C1C. The van der Waals surface area contributed by atoms with E-state index in [1.165, 1.54) is 12.5 Å². The lowest BCUT2D eigenvalue weighted by Gasteiger charge is -2.35. The van der Waals surface area contributed by atoms with Gasteiger partial charge in [-0.3, -0.25) is 0 Å². The number of carboxylic acid groups (broad SMARTS) is 1. The van der Waals surface area contributed by atoms with Gasteiger partial charge in [-0.15, -0.1) is 0 Å². The van der Waals surface area contributed by atoms with Gasteiger partial charge in [-0.25, -0.2) is 4.79 Å². The number of carbonyl (C=O) groups is 1. The lowest BCUT2D eigenvalue weighted by Crippen LogP contribution is -2.35. The Balaban J connectivity index is 2.31. The molecule has 0 radical (unpaired) electrons. The van der Waals surface area contributed by atoms with Gasteiger partial charge in [-0.2, -0.15) is 0 Å². The zero-order valence-corrected chi connectivity index (χ0v) is 12.6. The molecule has 20 heavy (non-hydrogen) atoms. The van der Waals surface area contributed by atoms with Crippen LogP contribution in [0.5, 0.6) is 0 Å². The summed E-state index contributed by atoms with van der Waals surface area (Å²) in [6.45, 7) is 4.44. The fourth-order valence-electron chi connectivity index (χ4n) is 2.91. The lowest BCUT2D eigenvalue weighted by atomic mass is 9.78. The largest absolute Gasteiger partial charge is 0.478 e. The summed E-state index contributed by atoms with van der Waals surface area (Å²) < 4.78 is 0. The maximum Gasteiger partial charge on any atom is 0.337 e. The van der Waals surface area contributed by atoms with Crippen molar-refractivity contribution in [3.8, 4) is 0 Å². The standard InChI is InChI=1S/C15H21ClN2O2/c1-8-4-3-5-13(9(8)2)18-14-11(15(19)20)6-10(17)7-12(14)16/h6-9,13,18H,3-5,17H2,1-2H3,(H,19,20). The molecule has 1 fully saturated rings. The fourth-order valence-corrected chi connectivity index (χ4v) is 3.20. The average molecular weight is 297 g/mol. The topological polar surface area (TPSA) is 75.3 Å². The van der Waals surface area contributed by atoms with Crippen molar-refractivity contribution in [2.45, 2.75) is 39.2 Å². The van der Waals surface area contributed by atoms with E-state index >= 15 is 0 Å². The highest BCUT2D eigenvalue weighted by Gasteiger charge is 2.28. The van der Waals surface area contributed by atoms with E-state index in [1.807, 2.05) is 0 Å². The van der Waals surface area contributed by atoms with Crippen LogP contribution in [0.1, 0.15) is 43.5 Å². The van der Waals surface area contributed by atoms with Gasteiger partial charge in [-0.05, 0) is 30.4 Å². The Hall–Kier alpha value is -1.42. The smallest absolute Gasteiger partial charge is 0.337 e. The van der Waals surface area contributed by atoms with Crippen LogP contribution in [-0.4, -0.2) is 17.1 Å². The summed E-state index contributed by atoms with van der Waals surface area (Å²) in [5.74, 6) is 0.0966. The third kappa shape index (κ3) is 3.01. The van der Waals surface area contributed by atoms with Crippen molar-refractivity contribution < 1.29 is 9.90 Å². The number of hydrogen-bond acceptors (Lipinski definition) is 3. The molecule has 5 heteroatoms. The molecule has 2 rings (SSSR count). The van der Waals surface area contributed by atoms with Gasteiger partial charge in [0.05, 0.1) is 16.3 Å². The number of aromatic carboxylic acids is 1. The second-order valence-corrected chi connectivity index (χ2v) is 6.16. The summed E-state index contributed by atoms with van der Waals surface area (Å²) in [7, 11) is 0. The Morgan fingerprint density at radius 2 is 2.10 bits per heavy atom. The van der Waals surface area contributed by atoms with E-state index in [-0.39, 0.29) is 11.6 Å². The van der Waals surface area contributed by atoms with Crippen LogP contribution in [0.3, 0.4) is 0 Å². The average Bonchev–Trinajstić information content (AvgIpc) is 2.37. The number of nitrogens with one attached hydrogen (secondary N) is 1. The van der Waals surface area contributed by atoms with Crippen LogP contribution in [0.15, 0.2) is 12.1 Å². The Labute approximate surface area is 124 Å². The number of hydrogen-bond donors (Lipinski definition) is 3. The molecule has 1 aromatic rings. The van der Waals surface area contributed by atoms with Crippen molar-refractivity contribution in [2.75, 3.05) is 11.1 Å². The minimum Gasteiger partial charge on any atom is -0.478 e. The van der Waals surface area contributed by atoms with Crippen LogP contribution in [0.4, 0.5) is 11.4 Å². The van der Waals surface area contributed by atoms with E-state index < -0.39 is 5.97 Å². The summed E-state index contributed by atoms with van der Waals surface area (Å²) in [5.41, 5.74) is 6.66. The van der Waals surface area contributed by atoms with E-state index in [0.717, 1.165) is 12.8 Å². The minimum atomic E-state index is -1.02. The monoisotopic (exact) mass is 296 g/mol. The van der Waals surface area contributed by atoms with Crippen molar-refractivity contribution in [2.24, 2.45) is 11.8 Å². The molecule has 1 aliphatic carbocycles. The fraction of sp³-hybridized carbons (Fsp3) is 0.533. The van der Waals surface area contributed by atoms with Gasteiger partial charge in [0.2, 0.25) is 0 Å². The number of rotatable bonds is 3. The van der Waals surface area contributed by atoms with E-state index in [2.05, 4.69) is 19.2 Å². The first kappa shape index (κ1) is 15.0. The zero-order valence-electron chi connectivity index (χ0n) is 11.8. The van der Waals surface area contributed by atoms with Gasteiger partial charge in [0, 0.05) is 11.7 Å². The molecule has 3 atom stereocenters. The number of nitrogens with two attached hydrogens (primary N) is 1. The van der Waals surface area contributed by atoms with Crippen LogP contribution in [0, 0.1) is 11.8 Å². The van der Waals surface area contributed by atoms with Gasteiger partial charge in [-0.1, -0.05) is 38.3 Å². The second-order valence-electron chi connectivity index (χ2n) is 5.75. The Morgan fingerprint density at radius 1 is 1.40 bits per heavy atom. The normalized spacial score (nSPS) is 26.2. The Kier molecular flexibility index (Phi) is 4.43. The van der Waals surface area contributed by atoms with Crippen molar-refractivity contribution >= 4 is 28.9 Å². The van der Waals surface area contributed by atoms with E-state index in [9.17, 15) is 9.90 Å². The van der Waals surface area contributed by atoms with Crippen molar-refractivity contribution in [1.82, 2.24) is 0 Å². The molecule has 4 nitrogen and oxygen atoms in total. The molecule has 0 spiro atoms. The van der Waals surface area contributed by atoms with Crippen LogP contribution >= 0.6 is 11.6 Å². The van der Waals surface area contributed by atoms with Crippen molar-refractivity contribution in [3.05, 3.63) is 22.7 Å². The van der Waals surface area contributed by atoms with Crippen LogP contribution in [0.2, 0.25) is 5.02 Å². The Bertz CT molecular complexity index is 519. The van der Waals surface area contributed by atoms with Gasteiger partial charge >= 0.3 is 5.97 Å². The zero-order chi connectivity index (χ0) is 14.9. The number of carboxylic acids is 1. The number of benzene rings is 1. The molecule has 110 valence electrons. The summed E-state index contributed by atoms with van der Waals surface area (Å²) >= 11 is 6.18. The van der Waals surface area contributed by atoms with E-state index in [4.69, 9.17) is 17.3 Å². The molecule has 4 N–H and O–H groups in total. The Morgan fingerprint density at radius 3 is 2.75 bits per heavy atom. The maximum atomic E-state index is 11.4. The van der Waals surface area contributed by atoms with Crippen LogP contribution in [0.25, 0.3) is 0 Å². The summed E-state index contributed by atoms with van der Waals surface area (Å²) in [6.07, 6.45) is 3.41. The molecule has 0 saturated heterocycles. The third-order valence-corrected chi connectivity index (χ3v) is 4.68. The summed E-state index contributed by atoms with van der Waals surface area (Å²) in [4.78, 5) is 11.4. The molecule has 1 aromatic carbocycles. The first-order valence-electron chi connectivity index (χ1n) is 6.99. The van der Waals surface area contributed by atoms with Gasteiger partial charge in [0.25, 0.3) is 0 Å².